The van der Waals surface area contributed by atoms with Gasteiger partial charge in [-0.2, -0.15) is 0 Å². The number of aliphatic hydroxyl groups excluding tert-OH is 1. The van der Waals surface area contributed by atoms with E-state index in [-0.39, 0.29) is 11.5 Å². The molecule has 0 aromatic heterocycles. The summed E-state index contributed by atoms with van der Waals surface area (Å²) in [7, 11) is -3.61. The quantitative estimate of drug-likeness (QED) is 0.622. The number of primary sulfonamides is 1. The molecular weight excluding hydrogens is 252 g/mol. The molecule has 0 aliphatic rings. The van der Waals surface area contributed by atoms with Crippen LogP contribution in [-0.2, 0) is 10.0 Å². The number of hydrogen-bond acceptors (Lipinski definition) is 4. The van der Waals surface area contributed by atoms with Crippen molar-refractivity contribution in [1.82, 2.24) is 0 Å². The molecule has 0 bridgehead atoms. The smallest absolute Gasteiger partial charge is 0.238 e. The minimum atomic E-state index is -3.61. The van der Waals surface area contributed by atoms with E-state index < -0.39 is 10.0 Å². The molecule has 0 aliphatic carbocycles. The van der Waals surface area contributed by atoms with Crippen molar-refractivity contribution >= 4 is 15.7 Å². The second-order valence-corrected chi connectivity index (χ2v) is 5.70. The Morgan fingerprint density at radius 1 is 1.06 bits per heavy atom. The SMILES string of the molecule is NS(=O)(=O)c1ccc(NCCCCCCO)cc1. The largest absolute Gasteiger partial charge is 0.396 e. The predicted octanol–water partition coefficient (Wildman–Crippen LogP) is 1.30. The van der Waals surface area contributed by atoms with E-state index in [4.69, 9.17) is 10.2 Å². The first-order valence-electron chi connectivity index (χ1n) is 6.01. The van der Waals surface area contributed by atoms with Crippen molar-refractivity contribution in [3.05, 3.63) is 24.3 Å². The summed E-state index contributed by atoms with van der Waals surface area (Å²) in [5.74, 6) is 0. The van der Waals surface area contributed by atoms with Gasteiger partial charge in [0.05, 0.1) is 4.90 Å². The average molecular weight is 272 g/mol. The van der Waals surface area contributed by atoms with E-state index in [1.807, 2.05) is 0 Å². The molecule has 0 radical (unpaired) electrons. The number of nitrogens with one attached hydrogen (secondary N) is 1. The minimum Gasteiger partial charge on any atom is -0.396 e. The van der Waals surface area contributed by atoms with Crippen LogP contribution in [0.25, 0.3) is 0 Å². The van der Waals surface area contributed by atoms with Crippen molar-refractivity contribution in [3.63, 3.8) is 0 Å². The van der Waals surface area contributed by atoms with E-state index in [9.17, 15) is 8.42 Å². The van der Waals surface area contributed by atoms with Gasteiger partial charge in [-0.25, -0.2) is 13.6 Å². The molecule has 102 valence electrons. The van der Waals surface area contributed by atoms with Gasteiger partial charge >= 0.3 is 0 Å². The molecule has 0 unspecified atom stereocenters. The van der Waals surface area contributed by atoms with Crippen LogP contribution < -0.4 is 10.5 Å². The van der Waals surface area contributed by atoms with Crippen LogP contribution in [0.2, 0.25) is 0 Å². The second kappa shape index (κ2) is 7.35. The summed E-state index contributed by atoms with van der Waals surface area (Å²) in [5, 5.41) is 16.8. The van der Waals surface area contributed by atoms with Gasteiger partial charge in [-0.3, -0.25) is 0 Å². The Bertz CT molecular complexity index is 443. The van der Waals surface area contributed by atoms with Crippen LogP contribution in [0.4, 0.5) is 5.69 Å². The van der Waals surface area contributed by atoms with Gasteiger partial charge in [0.15, 0.2) is 0 Å². The maximum atomic E-state index is 11.0. The first kappa shape index (κ1) is 14.9. The van der Waals surface area contributed by atoms with Gasteiger partial charge in [-0.05, 0) is 37.1 Å². The number of sulfonamides is 1. The molecule has 0 amide bonds. The Kier molecular flexibility index (Phi) is 6.11. The second-order valence-electron chi connectivity index (χ2n) is 4.13. The molecule has 0 aliphatic heterocycles. The van der Waals surface area contributed by atoms with Crippen LogP contribution in [0.3, 0.4) is 0 Å². The molecule has 5 nitrogen and oxygen atoms in total. The van der Waals surface area contributed by atoms with Gasteiger partial charge in [-0.1, -0.05) is 12.8 Å². The van der Waals surface area contributed by atoms with Crippen molar-refractivity contribution in [3.8, 4) is 0 Å². The topological polar surface area (TPSA) is 92.4 Å². The molecule has 18 heavy (non-hydrogen) atoms. The fourth-order valence-corrected chi connectivity index (χ4v) is 2.10. The number of benzene rings is 1. The zero-order valence-corrected chi connectivity index (χ0v) is 11.1. The Morgan fingerprint density at radius 3 is 2.22 bits per heavy atom. The lowest BCUT2D eigenvalue weighted by Gasteiger charge is -2.06. The number of unbranched alkanes of at least 4 members (excludes halogenated alkanes) is 3. The summed E-state index contributed by atoms with van der Waals surface area (Å²) in [5.41, 5.74) is 0.879. The zero-order valence-electron chi connectivity index (χ0n) is 10.3. The van der Waals surface area contributed by atoms with E-state index in [1.165, 1.54) is 12.1 Å². The van der Waals surface area contributed by atoms with Gasteiger partial charge in [0.25, 0.3) is 0 Å². The van der Waals surface area contributed by atoms with Crippen molar-refractivity contribution in [2.24, 2.45) is 5.14 Å². The van der Waals surface area contributed by atoms with E-state index in [0.717, 1.165) is 37.9 Å². The molecule has 1 aromatic rings. The summed E-state index contributed by atoms with van der Waals surface area (Å²) in [6.07, 6.45) is 3.98. The van der Waals surface area contributed by atoms with E-state index in [2.05, 4.69) is 5.32 Å². The number of anilines is 1. The Morgan fingerprint density at radius 2 is 1.67 bits per heavy atom. The molecule has 6 heteroatoms. The highest BCUT2D eigenvalue weighted by atomic mass is 32.2. The first-order valence-corrected chi connectivity index (χ1v) is 7.56. The molecule has 0 spiro atoms. The lowest BCUT2D eigenvalue weighted by atomic mass is 10.2. The van der Waals surface area contributed by atoms with Gasteiger partial charge in [0.1, 0.15) is 0 Å². The van der Waals surface area contributed by atoms with Crippen LogP contribution in [0.15, 0.2) is 29.2 Å². The van der Waals surface area contributed by atoms with E-state index >= 15 is 0 Å². The highest BCUT2D eigenvalue weighted by Crippen LogP contribution is 2.12. The molecule has 0 saturated heterocycles. The standard InChI is InChI=1S/C12H20N2O3S/c13-18(16,17)12-7-5-11(6-8-12)14-9-3-1-2-4-10-15/h5-8,14-15H,1-4,9-10H2,(H2,13,16,17). The zero-order chi connectivity index (χ0) is 13.4. The molecule has 0 fully saturated rings. The van der Waals surface area contributed by atoms with Crippen LogP contribution in [0.1, 0.15) is 25.7 Å². The number of rotatable bonds is 8. The summed E-state index contributed by atoms with van der Waals surface area (Å²) >= 11 is 0. The van der Waals surface area contributed by atoms with Gasteiger partial charge in [0.2, 0.25) is 10.0 Å². The third-order valence-electron chi connectivity index (χ3n) is 2.60. The summed E-state index contributed by atoms with van der Waals surface area (Å²) < 4.78 is 22.1. The fraction of sp³-hybridized carbons (Fsp3) is 0.500. The molecule has 4 N–H and O–H groups in total. The van der Waals surface area contributed by atoms with Crippen LogP contribution in [0.5, 0.6) is 0 Å². The fourth-order valence-electron chi connectivity index (χ4n) is 1.59. The molecule has 1 aromatic carbocycles. The number of hydrogen-bond donors (Lipinski definition) is 3. The Labute approximate surface area is 108 Å². The monoisotopic (exact) mass is 272 g/mol. The van der Waals surface area contributed by atoms with Gasteiger partial charge < -0.3 is 10.4 Å². The highest BCUT2D eigenvalue weighted by molar-refractivity contribution is 7.89. The third kappa shape index (κ3) is 5.48. The van der Waals surface area contributed by atoms with Crippen molar-refractivity contribution in [2.45, 2.75) is 30.6 Å². The molecule has 1 rings (SSSR count). The third-order valence-corrected chi connectivity index (χ3v) is 3.53. The van der Waals surface area contributed by atoms with Crippen molar-refractivity contribution < 1.29 is 13.5 Å². The van der Waals surface area contributed by atoms with Crippen LogP contribution >= 0.6 is 0 Å². The van der Waals surface area contributed by atoms with Gasteiger partial charge in [0, 0.05) is 18.8 Å². The first-order chi connectivity index (χ1) is 8.54. The average Bonchev–Trinajstić information content (AvgIpc) is 2.33. The molecule has 0 heterocycles. The molecule has 0 saturated carbocycles. The maximum absolute atomic E-state index is 11.0. The molecule has 0 atom stereocenters. The number of aliphatic hydroxyl groups is 1. The van der Waals surface area contributed by atoms with Gasteiger partial charge in [-0.15, -0.1) is 0 Å². The van der Waals surface area contributed by atoms with E-state index in [0.29, 0.717) is 0 Å². The normalized spacial score (nSPS) is 11.4. The van der Waals surface area contributed by atoms with Crippen LogP contribution in [-0.4, -0.2) is 26.7 Å². The lowest BCUT2D eigenvalue weighted by molar-refractivity contribution is 0.283. The van der Waals surface area contributed by atoms with Crippen molar-refractivity contribution in [2.75, 3.05) is 18.5 Å². The summed E-state index contributed by atoms with van der Waals surface area (Å²) in [6.45, 7) is 1.09. The highest BCUT2D eigenvalue weighted by Gasteiger charge is 2.06. The van der Waals surface area contributed by atoms with E-state index in [1.54, 1.807) is 12.1 Å². The minimum absolute atomic E-state index is 0.121. The summed E-state index contributed by atoms with van der Waals surface area (Å²) in [6, 6.07) is 6.38. The number of nitrogens with two attached hydrogens (primary N) is 1. The van der Waals surface area contributed by atoms with Crippen molar-refractivity contribution in [1.29, 1.82) is 0 Å². The summed E-state index contributed by atoms with van der Waals surface area (Å²) in [4.78, 5) is 0.121. The molecular formula is C12H20N2O3S. The lowest BCUT2D eigenvalue weighted by Crippen LogP contribution is -2.12. The predicted molar refractivity (Wildman–Crippen MR) is 71.9 cm³/mol. The Hall–Kier alpha value is -1.11. The Balaban J connectivity index is 2.32. The van der Waals surface area contributed by atoms with Crippen LogP contribution in [0, 0.1) is 0 Å². The maximum Gasteiger partial charge on any atom is 0.238 e.